The van der Waals surface area contributed by atoms with Crippen LogP contribution in [0.4, 0.5) is 5.95 Å². The average molecular weight is 340 g/mol. The molecule has 1 unspecified atom stereocenters. The van der Waals surface area contributed by atoms with Crippen molar-refractivity contribution in [2.75, 3.05) is 12.4 Å². The summed E-state index contributed by atoms with van der Waals surface area (Å²) >= 11 is 6.42. The van der Waals surface area contributed by atoms with Gasteiger partial charge in [0.1, 0.15) is 5.75 Å². The summed E-state index contributed by atoms with van der Waals surface area (Å²) in [5, 5.41) is 4.05. The standard InChI is InChI=1S/C19H18ClN3O/c1-13-11-21-19(22-12-13)23-18(16-8-3-4-9-17(16)20)14-6-5-7-15(10-14)24-2/h3-12,18H,1-2H3,(H,21,22,23). The number of methoxy groups -OCH3 is 1. The van der Waals surface area contributed by atoms with Gasteiger partial charge in [0.05, 0.1) is 13.2 Å². The zero-order chi connectivity index (χ0) is 16.9. The molecule has 5 heteroatoms. The fourth-order valence-electron chi connectivity index (χ4n) is 2.47. The predicted molar refractivity (Wildman–Crippen MR) is 96.7 cm³/mol. The number of ether oxygens (including phenoxy) is 1. The van der Waals surface area contributed by atoms with E-state index in [-0.39, 0.29) is 6.04 Å². The number of hydrogen-bond donors (Lipinski definition) is 1. The van der Waals surface area contributed by atoms with Crippen LogP contribution < -0.4 is 10.1 Å². The number of benzene rings is 2. The molecule has 1 heterocycles. The SMILES string of the molecule is COc1cccc(C(Nc2ncc(C)cn2)c2ccccc2Cl)c1. The van der Waals surface area contributed by atoms with Gasteiger partial charge in [-0.25, -0.2) is 9.97 Å². The molecule has 0 saturated carbocycles. The zero-order valence-corrected chi connectivity index (χ0v) is 14.3. The monoisotopic (exact) mass is 339 g/mol. The Labute approximate surface area is 146 Å². The average Bonchev–Trinajstić information content (AvgIpc) is 2.62. The molecular weight excluding hydrogens is 322 g/mol. The highest BCUT2D eigenvalue weighted by molar-refractivity contribution is 6.31. The van der Waals surface area contributed by atoms with Gasteiger partial charge in [-0.15, -0.1) is 0 Å². The first-order chi connectivity index (χ1) is 11.7. The van der Waals surface area contributed by atoms with E-state index in [0.717, 1.165) is 22.4 Å². The lowest BCUT2D eigenvalue weighted by Crippen LogP contribution is -2.15. The highest BCUT2D eigenvalue weighted by Gasteiger charge is 2.18. The number of rotatable bonds is 5. The van der Waals surface area contributed by atoms with Crippen molar-refractivity contribution in [2.24, 2.45) is 0 Å². The van der Waals surface area contributed by atoms with Crippen LogP contribution in [0.25, 0.3) is 0 Å². The molecule has 3 aromatic rings. The van der Waals surface area contributed by atoms with Gasteiger partial charge in [-0.3, -0.25) is 0 Å². The third-order valence-electron chi connectivity index (χ3n) is 3.70. The highest BCUT2D eigenvalue weighted by Crippen LogP contribution is 2.32. The van der Waals surface area contributed by atoms with Crippen LogP contribution in [0.2, 0.25) is 5.02 Å². The summed E-state index contributed by atoms with van der Waals surface area (Å²) in [6, 6.07) is 15.4. The van der Waals surface area contributed by atoms with E-state index < -0.39 is 0 Å². The quantitative estimate of drug-likeness (QED) is 0.735. The molecule has 0 bridgehead atoms. The number of aryl methyl sites for hydroxylation is 1. The van der Waals surface area contributed by atoms with E-state index in [2.05, 4.69) is 15.3 Å². The molecule has 0 saturated heterocycles. The Balaban J connectivity index is 2.03. The first-order valence-electron chi connectivity index (χ1n) is 7.61. The van der Waals surface area contributed by atoms with Crippen LogP contribution in [0.1, 0.15) is 22.7 Å². The largest absolute Gasteiger partial charge is 0.497 e. The fourth-order valence-corrected chi connectivity index (χ4v) is 2.71. The van der Waals surface area contributed by atoms with Crippen molar-refractivity contribution < 1.29 is 4.74 Å². The zero-order valence-electron chi connectivity index (χ0n) is 13.5. The Morgan fingerprint density at radius 1 is 1.04 bits per heavy atom. The molecule has 1 N–H and O–H groups in total. The number of anilines is 1. The Hall–Kier alpha value is -2.59. The molecular formula is C19H18ClN3O. The van der Waals surface area contributed by atoms with Gasteiger partial charge in [-0.1, -0.05) is 41.9 Å². The van der Waals surface area contributed by atoms with Crippen molar-refractivity contribution in [1.29, 1.82) is 0 Å². The second kappa shape index (κ2) is 7.32. The first kappa shape index (κ1) is 16.3. The van der Waals surface area contributed by atoms with Crippen molar-refractivity contribution in [2.45, 2.75) is 13.0 Å². The molecule has 2 aromatic carbocycles. The summed E-state index contributed by atoms with van der Waals surface area (Å²) in [5.74, 6) is 1.34. The van der Waals surface area contributed by atoms with Crippen molar-refractivity contribution in [3.8, 4) is 5.75 Å². The van der Waals surface area contributed by atoms with Crippen molar-refractivity contribution in [1.82, 2.24) is 9.97 Å². The predicted octanol–water partition coefficient (Wildman–Crippen LogP) is 4.65. The van der Waals surface area contributed by atoms with E-state index in [1.807, 2.05) is 55.5 Å². The second-order valence-electron chi connectivity index (χ2n) is 5.46. The lowest BCUT2D eigenvalue weighted by atomic mass is 9.98. The highest BCUT2D eigenvalue weighted by atomic mass is 35.5. The summed E-state index contributed by atoms with van der Waals surface area (Å²) in [4.78, 5) is 8.69. The smallest absolute Gasteiger partial charge is 0.223 e. The molecule has 24 heavy (non-hydrogen) atoms. The van der Waals surface area contributed by atoms with Crippen LogP contribution in [0.15, 0.2) is 60.9 Å². The fraction of sp³-hybridized carbons (Fsp3) is 0.158. The van der Waals surface area contributed by atoms with E-state index >= 15 is 0 Å². The molecule has 1 aromatic heterocycles. The number of halogens is 1. The topological polar surface area (TPSA) is 47.0 Å². The van der Waals surface area contributed by atoms with Gasteiger partial charge >= 0.3 is 0 Å². The summed E-state index contributed by atoms with van der Waals surface area (Å²) in [5.41, 5.74) is 2.99. The van der Waals surface area contributed by atoms with Crippen molar-refractivity contribution in [3.05, 3.63) is 82.6 Å². The van der Waals surface area contributed by atoms with Gasteiger partial charge in [0, 0.05) is 17.4 Å². The van der Waals surface area contributed by atoms with Gasteiger partial charge in [-0.2, -0.15) is 0 Å². The molecule has 0 aliphatic heterocycles. The van der Waals surface area contributed by atoms with Gasteiger partial charge in [0.25, 0.3) is 0 Å². The molecule has 1 atom stereocenters. The van der Waals surface area contributed by atoms with Crippen molar-refractivity contribution >= 4 is 17.5 Å². The van der Waals surface area contributed by atoms with E-state index in [0.29, 0.717) is 11.0 Å². The van der Waals surface area contributed by atoms with Crippen LogP contribution >= 0.6 is 11.6 Å². The Morgan fingerprint density at radius 3 is 2.50 bits per heavy atom. The van der Waals surface area contributed by atoms with Crippen molar-refractivity contribution in [3.63, 3.8) is 0 Å². The van der Waals surface area contributed by atoms with Gasteiger partial charge in [0.15, 0.2) is 0 Å². The molecule has 3 rings (SSSR count). The molecule has 0 radical (unpaired) electrons. The molecule has 0 aliphatic rings. The molecule has 4 nitrogen and oxygen atoms in total. The third kappa shape index (κ3) is 3.66. The summed E-state index contributed by atoms with van der Waals surface area (Å²) in [6.45, 7) is 1.96. The minimum absolute atomic E-state index is 0.184. The minimum atomic E-state index is -0.184. The van der Waals surface area contributed by atoms with E-state index in [4.69, 9.17) is 16.3 Å². The molecule has 0 aliphatic carbocycles. The minimum Gasteiger partial charge on any atom is -0.497 e. The summed E-state index contributed by atoms with van der Waals surface area (Å²) in [6.07, 6.45) is 3.56. The first-order valence-corrected chi connectivity index (χ1v) is 7.99. The normalized spacial score (nSPS) is 11.8. The number of hydrogen-bond acceptors (Lipinski definition) is 4. The molecule has 0 amide bonds. The lowest BCUT2D eigenvalue weighted by molar-refractivity contribution is 0.414. The molecule has 0 spiro atoms. The second-order valence-corrected chi connectivity index (χ2v) is 5.87. The maximum atomic E-state index is 6.42. The Kier molecular flexibility index (Phi) is 4.96. The number of nitrogens with zero attached hydrogens (tertiary/aromatic N) is 2. The van der Waals surface area contributed by atoms with E-state index in [9.17, 15) is 0 Å². The van der Waals surface area contributed by atoms with E-state index in [1.165, 1.54) is 0 Å². The number of aromatic nitrogens is 2. The molecule has 0 fully saturated rings. The summed E-state index contributed by atoms with van der Waals surface area (Å²) < 4.78 is 5.35. The van der Waals surface area contributed by atoms with Crippen LogP contribution in [-0.2, 0) is 0 Å². The van der Waals surface area contributed by atoms with Gasteiger partial charge < -0.3 is 10.1 Å². The van der Waals surface area contributed by atoms with Crippen LogP contribution in [0.3, 0.4) is 0 Å². The Bertz CT molecular complexity index is 821. The van der Waals surface area contributed by atoms with Gasteiger partial charge in [-0.05, 0) is 41.8 Å². The Morgan fingerprint density at radius 2 is 1.79 bits per heavy atom. The summed E-state index contributed by atoms with van der Waals surface area (Å²) in [7, 11) is 1.65. The van der Waals surface area contributed by atoms with Crippen LogP contribution in [0, 0.1) is 6.92 Å². The number of nitrogens with one attached hydrogen (secondary N) is 1. The maximum Gasteiger partial charge on any atom is 0.223 e. The van der Waals surface area contributed by atoms with Crippen LogP contribution in [0.5, 0.6) is 5.75 Å². The van der Waals surface area contributed by atoms with E-state index in [1.54, 1.807) is 19.5 Å². The lowest BCUT2D eigenvalue weighted by Gasteiger charge is -2.21. The maximum absolute atomic E-state index is 6.42. The van der Waals surface area contributed by atoms with Gasteiger partial charge in [0.2, 0.25) is 5.95 Å². The molecule has 122 valence electrons. The third-order valence-corrected chi connectivity index (χ3v) is 4.04. The van der Waals surface area contributed by atoms with Crippen LogP contribution in [-0.4, -0.2) is 17.1 Å².